The number of rotatable bonds is 37. The van der Waals surface area contributed by atoms with Crippen molar-refractivity contribution in [1.82, 2.24) is 0 Å². The molecule has 0 atom stereocenters. The largest absolute Gasteiger partial charge is 0.491 e. The number of aliphatic hydroxyl groups is 3. The average Bonchev–Trinajstić information content (AvgIpc) is 3.32. The van der Waals surface area contributed by atoms with E-state index in [4.69, 9.17) is 26.3 Å². The Kier molecular flexibility index (Phi) is 44.8. The molecule has 0 spiro atoms. The van der Waals surface area contributed by atoms with Gasteiger partial charge in [0.1, 0.15) is 18.5 Å². The number of halogens is 1. The highest BCUT2D eigenvalue weighted by atomic mass is 127. The summed E-state index contributed by atoms with van der Waals surface area (Å²) in [6, 6.07) is 8.15. The number of nitrogens with zero attached hydrogens (tertiary/aromatic N) is 2. The quantitative estimate of drug-likeness (QED) is 0.0151. The molecule has 2 aliphatic carbocycles. The monoisotopic (exact) mass is 1090 g/mol. The summed E-state index contributed by atoms with van der Waals surface area (Å²) in [7, 11) is 0. The Balaban J connectivity index is -0.000000180. The first kappa shape index (κ1) is 65.3. The maximum Gasteiger partial charge on any atom is 0.286 e. The molecular weight excluding hydrogens is 972 g/mol. The fourth-order valence-corrected chi connectivity index (χ4v) is 10.7. The lowest BCUT2D eigenvalue weighted by Gasteiger charge is -2.32. The molecule has 0 aliphatic heterocycles. The van der Waals surface area contributed by atoms with E-state index >= 15 is 0 Å². The van der Waals surface area contributed by atoms with E-state index in [1.807, 2.05) is 67.0 Å². The van der Waals surface area contributed by atoms with Crippen molar-refractivity contribution >= 4 is 28.7 Å². The van der Waals surface area contributed by atoms with Gasteiger partial charge < -0.3 is 24.8 Å². The van der Waals surface area contributed by atoms with Crippen molar-refractivity contribution in [3.05, 3.63) is 29.8 Å². The molecule has 1 aromatic rings. The number of ether oxygens (including phenoxy) is 2. The van der Waals surface area contributed by atoms with Gasteiger partial charge in [0.15, 0.2) is 0 Å². The molecule has 0 amide bonds. The van der Waals surface area contributed by atoms with Gasteiger partial charge in [0.25, 0.3) is 6.26 Å². The predicted molar refractivity (Wildman–Crippen MR) is 314 cm³/mol. The molecule has 3 rings (SSSR count). The first-order valence-electron chi connectivity index (χ1n) is 29.2. The molecule has 2 saturated carbocycles. The van der Waals surface area contributed by atoms with Crippen molar-refractivity contribution in [1.29, 1.82) is 5.26 Å². The van der Waals surface area contributed by atoms with Gasteiger partial charge in [-0.2, -0.15) is 5.26 Å². The molecule has 0 unspecified atom stereocenters. The van der Waals surface area contributed by atoms with E-state index in [0.29, 0.717) is 18.1 Å². The normalized spacial score (nSPS) is 18.1. The summed E-state index contributed by atoms with van der Waals surface area (Å²) in [4.78, 5) is 14.5. The first-order chi connectivity index (χ1) is 33.9. The third-order valence-electron chi connectivity index (χ3n) is 14.1. The molecule has 0 aromatic heterocycles. The van der Waals surface area contributed by atoms with Gasteiger partial charge in [-0.05, 0) is 131 Å². The third kappa shape index (κ3) is 43.6. The lowest BCUT2D eigenvalue weighted by molar-refractivity contribution is 0.0320. The molecule has 69 heavy (non-hydrogen) atoms. The van der Waals surface area contributed by atoms with E-state index in [0.717, 1.165) is 62.5 Å². The molecule has 2 aliphatic rings. The lowest BCUT2D eigenvalue weighted by Crippen LogP contribution is -2.29. The number of hydrogen-bond donors (Lipinski definition) is 3. The van der Waals surface area contributed by atoms with E-state index < -0.39 is 5.60 Å². The molecule has 9 heteroatoms. The molecule has 8 nitrogen and oxygen atoms in total. The zero-order valence-corrected chi connectivity index (χ0v) is 47.6. The molecule has 0 saturated heterocycles. The van der Waals surface area contributed by atoms with Crippen LogP contribution in [-0.4, -0.2) is 63.9 Å². The third-order valence-corrected chi connectivity index (χ3v) is 14.1. The van der Waals surface area contributed by atoms with Crippen LogP contribution in [0.15, 0.2) is 29.3 Å². The summed E-state index contributed by atoms with van der Waals surface area (Å²) in [5, 5.41) is 35.9. The van der Waals surface area contributed by atoms with Crippen molar-refractivity contribution in [3.63, 3.8) is 0 Å². The number of carbonyl (C=O) groups excluding carboxylic acids is 1. The molecule has 2 fully saturated rings. The van der Waals surface area contributed by atoms with Crippen LogP contribution >= 0.6 is 22.6 Å². The zero-order chi connectivity index (χ0) is 51.8. The van der Waals surface area contributed by atoms with Gasteiger partial charge in [-0.25, -0.2) is 9.79 Å². The Labute approximate surface area is 450 Å². The van der Waals surface area contributed by atoms with Gasteiger partial charge in [-0.1, -0.05) is 216 Å². The highest BCUT2D eigenvalue weighted by Gasteiger charge is 2.28. The maximum absolute atomic E-state index is 10.2. The van der Waals surface area contributed by atoms with Crippen LogP contribution in [0.3, 0.4) is 0 Å². The number of aliphatic imine (C=N–C) groups is 1. The van der Waals surface area contributed by atoms with Gasteiger partial charge in [0, 0.05) is 16.5 Å². The number of unbranched alkanes of at least 4 members (excludes halogenated alkanes) is 25. The van der Waals surface area contributed by atoms with Crippen LogP contribution in [0.25, 0.3) is 0 Å². The standard InChI is InChI=1S/C28H58O.C16H26O3.C15H22N2O2.CH3I.6H2/c1-2-3-4-5-6-7-8-9-10-11-12-13-14-15-16-17-18-19-20-21-22-23-24-25-26-27-28-29;1-15(2,12-16(3,4)18)11-13-5-7-14(8-6-13)19-10-9-17;16-10-19-15-7-3-13(4-8-15)9-12-1-5-14(6-2-12)17-11-18;1-2;;;;;;/h29H,2-28H2,1H3;5-8,17-18H,9-12H2,1-4H3;12-15H,1-9H2;1H3;6*1H/i;;;1D;;;;;;. The van der Waals surface area contributed by atoms with Gasteiger partial charge in [0.2, 0.25) is 6.08 Å². The second-order valence-electron chi connectivity index (χ2n) is 22.1. The lowest BCUT2D eigenvalue weighted by atomic mass is 9.76. The van der Waals surface area contributed by atoms with E-state index in [9.17, 15) is 9.90 Å². The molecule has 1 aromatic carbocycles. The van der Waals surface area contributed by atoms with Crippen LogP contribution in [-0.2, 0) is 16.0 Å². The Bertz CT molecular complexity index is 1350. The molecular formula is C60H121IN2O6. The Morgan fingerprint density at radius 2 is 1.06 bits per heavy atom. The number of benzene rings is 1. The number of isocyanates is 1. The molecule has 3 N–H and O–H groups in total. The summed E-state index contributed by atoms with van der Waals surface area (Å²) in [5.41, 5.74) is 0.630. The summed E-state index contributed by atoms with van der Waals surface area (Å²) in [6.07, 6.45) is 52.6. The van der Waals surface area contributed by atoms with Crippen LogP contribution in [0.5, 0.6) is 5.75 Å². The summed E-state index contributed by atoms with van der Waals surface area (Å²) in [6.45, 7) is 11.1. The Hall–Kier alpha value is -1.70. The Morgan fingerprint density at radius 3 is 1.41 bits per heavy atom. The van der Waals surface area contributed by atoms with Gasteiger partial charge in [0.05, 0.1) is 18.2 Å². The highest BCUT2D eigenvalue weighted by molar-refractivity contribution is 14.1. The minimum Gasteiger partial charge on any atom is -0.491 e. The number of hydrogen-bond acceptors (Lipinski definition) is 8. The second-order valence-corrected chi connectivity index (χ2v) is 22.1. The smallest absolute Gasteiger partial charge is 0.286 e. The maximum atomic E-state index is 10.2. The van der Waals surface area contributed by atoms with E-state index in [-0.39, 0.29) is 32.7 Å². The van der Waals surface area contributed by atoms with E-state index in [1.165, 1.54) is 198 Å². The van der Waals surface area contributed by atoms with Crippen molar-refractivity contribution in [2.24, 2.45) is 22.2 Å². The molecule has 0 bridgehead atoms. The van der Waals surface area contributed by atoms with Crippen molar-refractivity contribution in [2.75, 3.05) is 24.7 Å². The van der Waals surface area contributed by atoms with E-state index in [1.54, 1.807) is 6.08 Å². The van der Waals surface area contributed by atoms with Gasteiger partial charge in [-0.15, -0.1) is 0 Å². The van der Waals surface area contributed by atoms with Gasteiger partial charge >= 0.3 is 0 Å². The fourth-order valence-electron chi connectivity index (χ4n) is 10.7. The molecule has 0 radical (unpaired) electrons. The van der Waals surface area contributed by atoms with Crippen LogP contribution < -0.4 is 4.74 Å². The van der Waals surface area contributed by atoms with Crippen LogP contribution in [0.4, 0.5) is 0 Å². The number of aliphatic hydroxyl groups excluding tert-OH is 2. The van der Waals surface area contributed by atoms with Crippen LogP contribution in [0.2, 0.25) is 0 Å². The SMILES string of the molecule is CC(C)(O)CC(C)(C)Cc1ccc(OCCO)cc1.CCCCCCCCCCCCCCCCCCCCCCCCCCCCO.N#COC1CCC(CC2CCC(N=C=O)CC2)CC1.[2H]CI.[HH].[HH].[HH].[HH].[HH].[HH]. The highest BCUT2D eigenvalue weighted by Crippen LogP contribution is 2.37. The minimum atomic E-state index is -0.645. The minimum absolute atomic E-state index is 0. The van der Waals surface area contributed by atoms with Crippen molar-refractivity contribution in [3.8, 4) is 12.0 Å². The van der Waals surface area contributed by atoms with Crippen LogP contribution in [0, 0.1) is 28.8 Å². The first-order valence-corrected chi connectivity index (χ1v) is 30.0. The molecule has 0 heterocycles. The van der Waals surface area contributed by atoms with E-state index in [2.05, 4.69) is 25.8 Å². The van der Waals surface area contributed by atoms with Crippen molar-refractivity contribution < 1.29 is 39.5 Å². The van der Waals surface area contributed by atoms with Crippen molar-refractivity contribution in [2.45, 2.75) is 290 Å². The summed E-state index contributed by atoms with van der Waals surface area (Å²) in [5.74, 6) is 2.38. The molecule has 414 valence electrons. The Morgan fingerprint density at radius 1 is 0.667 bits per heavy atom. The zero-order valence-electron chi connectivity index (χ0n) is 46.4. The number of nitriles is 1. The fraction of sp³-hybridized carbons (Fsp3) is 0.867. The topological polar surface area (TPSA) is 132 Å². The van der Waals surface area contributed by atoms with Gasteiger partial charge in [-0.3, -0.25) is 0 Å². The summed E-state index contributed by atoms with van der Waals surface area (Å²) < 4.78 is 16.5. The average molecular weight is 1090 g/mol. The van der Waals surface area contributed by atoms with Crippen LogP contribution in [0.1, 0.15) is 281 Å². The summed E-state index contributed by atoms with van der Waals surface area (Å²) >= 11 is 1.96. The predicted octanol–water partition coefficient (Wildman–Crippen LogP) is 18.8. The second kappa shape index (κ2) is 47.3. The number of alkyl halides is 1.